The van der Waals surface area contributed by atoms with E-state index in [9.17, 15) is 13.2 Å². The minimum Gasteiger partial charge on any atom is -0.373 e. The molecule has 2 aromatic rings. The van der Waals surface area contributed by atoms with Crippen LogP contribution in [0.3, 0.4) is 0 Å². The second kappa shape index (κ2) is 8.55. The van der Waals surface area contributed by atoms with E-state index in [1.54, 1.807) is 24.1 Å². The number of morpholine rings is 1. The molecule has 156 valence electrons. The molecule has 1 saturated heterocycles. The lowest BCUT2D eigenvalue weighted by atomic mass is 10.1. The van der Waals surface area contributed by atoms with Gasteiger partial charge in [-0.3, -0.25) is 4.79 Å². The van der Waals surface area contributed by atoms with Crippen molar-refractivity contribution >= 4 is 37.5 Å². The molecule has 0 aromatic heterocycles. The van der Waals surface area contributed by atoms with Crippen molar-refractivity contribution in [1.82, 2.24) is 4.31 Å². The Bertz CT molecular complexity index is 998. The van der Waals surface area contributed by atoms with Gasteiger partial charge in [-0.25, -0.2) is 8.42 Å². The molecule has 2 aromatic carbocycles. The number of carbonyl (C=O) groups excluding carboxylic acids is 1. The molecule has 0 aliphatic carbocycles. The molecule has 3 rings (SSSR count). The van der Waals surface area contributed by atoms with Crippen molar-refractivity contribution < 1.29 is 17.9 Å². The van der Waals surface area contributed by atoms with Gasteiger partial charge in [-0.15, -0.1) is 0 Å². The molecule has 0 N–H and O–H groups in total. The van der Waals surface area contributed by atoms with Crippen LogP contribution in [0.5, 0.6) is 0 Å². The summed E-state index contributed by atoms with van der Waals surface area (Å²) in [6, 6.07) is 11.8. The van der Waals surface area contributed by atoms with Crippen LogP contribution in [0, 0.1) is 6.92 Å². The van der Waals surface area contributed by atoms with E-state index >= 15 is 0 Å². The van der Waals surface area contributed by atoms with Crippen LogP contribution in [0.15, 0.2) is 51.8 Å². The van der Waals surface area contributed by atoms with Gasteiger partial charge in [0.15, 0.2) is 0 Å². The molecule has 0 spiro atoms. The fraction of sp³-hybridized carbons (Fsp3) is 0.381. The van der Waals surface area contributed by atoms with Crippen molar-refractivity contribution in [3.8, 4) is 0 Å². The summed E-state index contributed by atoms with van der Waals surface area (Å²) in [5.41, 5.74) is 2.19. The Morgan fingerprint density at radius 1 is 1.10 bits per heavy atom. The summed E-state index contributed by atoms with van der Waals surface area (Å²) in [4.78, 5) is 14.6. The fourth-order valence-corrected chi connectivity index (χ4v) is 5.61. The molecule has 1 aliphatic rings. The monoisotopic (exact) mass is 480 g/mol. The lowest BCUT2D eigenvalue weighted by Gasteiger charge is -2.34. The van der Waals surface area contributed by atoms with Crippen LogP contribution in [-0.4, -0.2) is 51.0 Å². The smallest absolute Gasteiger partial charge is 0.258 e. The summed E-state index contributed by atoms with van der Waals surface area (Å²) >= 11 is 3.42. The minimum atomic E-state index is -3.63. The van der Waals surface area contributed by atoms with Gasteiger partial charge in [-0.2, -0.15) is 4.31 Å². The van der Waals surface area contributed by atoms with E-state index in [1.165, 1.54) is 16.4 Å². The number of aryl methyl sites for hydroxylation is 1. The van der Waals surface area contributed by atoms with Gasteiger partial charge in [0.2, 0.25) is 10.0 Å². The number of halogens is 1. The van der Waals surface area contributed by atoms with Gasteiger partial charge >= 0.3 is 0 Å². The maximum absolute atomic E-state index is 13.0. The zero-order valence-electron chi connectivity index (χ0n) is 16.9. The summed E-state index contributed by atoms with van der Waals surface area (Å²) in [5, 5.41) is 0. The maximum Gasteiger partial charge on any atom is 0.258 e. The lowest BCUT2D eigenvalue weighted by molar-refractivity contribution is -0.0440. The number of nitrogens with zero attached hydrogens (tertiary/aromatic N) is 2. The Kier molecular flexibility index (Phi) is 6.48. The Labute approximate surface area is 180 Å². The normalized spacial score (nSPS) is 20.4. The van der Waals surface area contributed by atoms with Crippen LogP contribution >= 0.6 is 15.9 Å². The molecule has 8 heteroatoms. The Hall–Kier alpha value is -1.74. The number of benzene rings is 2. The van der Waals surface area contributed by atoms with Gasteiger partial charge < -0.3 is 9.64 Å². The second-order valence-corrected chi connectivity index (χ2v) is 10.3. The summed E-state index contributed by atoms with van der Waals surface area (Å²) in [6.07, 6.45) is -0.311. The highest BCUT2D eigenvalue weighted by Crippen LogP contribution is 2.25. The molecule has 6 nitrogen and oxygen atoms in total. The largest absolute Gasteiger partial charge is 0.373 e. The van der Waals surface area contributed by atoms with Crippen molar-refractivity contribution in [2.24, 2.45) is 0 Å². The third kappa shape index (κ3) is 4.71. The average molecular weight is 481 g/mol. The summed E-state index contributed by atoms with van der Waals surface area (Å²) < 4.78 is 33.9. The maximum atomic E-state index is 13.0. The van der Waals surface area contributed by atoms with E-state index in [0.717, 1.165) is 15.7 Å². The lowest BCUT2D eigenvalue weighted by Crippen LogP contribution is -2.48. The highest BCUT2D eigenvalue weighted by Gasteiger charge is 2.32. The number of rotatable bonds is 4. The predicted octanol–water partition coefficient (Wildman–Crippen LogP) is 3.83. The van der Waals surface area contributed by atoms with Crippen LogP contribution in [-0.2, 0) is 14.8 Å². The zero-order valence-corrected chi connectivity index (χ0v) is 19.3. The number of hydrogen-bond acceptors (Lipinski definition) is 4. The van der Waals surface area contributed by atoms with Gasteiger partial charge in [-0.05, 0) is 68.8 Å². The van der Waals surface area contributed by atoms with E-state index < -0.39 is 10.0 Å². The molecule has 2 unspecified atom stereocenters. The highest BCUT2D eigenvalue weighted by atomic mass is 79.9. The zero-order chi connectivity index (χ0) is 21.3. The number of carbonyl (C=O) groups is 1. The van der Waals surface area contributed by atoms with E-state index in [-0.39, 0.29) is 23.0 Å². The number of hydrogen-bond donors (Lipinski definition) is 0. The molecule has 2 atom stereocenters. The van der Waals surface area contributed by atoms with Gasteiger partial charge in [0.1, 0.15) is 0 Å². The van der Waals surface area contributed by atoms with E-state index in [2.05, 4.69) is 15.9 Å². The van der Waals surface area contributed by atoms with Crippen LogP contribution in [0.2, 0.25) is 0 Å². The fourth-order valence-electron chi connectivity index (χ4n) is 3.54. The minimum absolute atomic E-state index is 0.155. The third-order valence-corrected chi connectivity index (χ3v) is 7.29. The summed E-state index contributed by atoms with van der Waals surface area (Å²) in [5.74, 6) is -0.201. The van der Waals surface area contributed by atoms with Crippen LogP contribution < -0.4 is 4.90 Å². The molecule has 1 aliphatic heterocycles. The molecule has 1 fully saturated rings. The van der Waals surface area contributed by atoms with Crippen molar-refractivity contribution in [2.75, 3.05) is 25.0 Å². The predicted molar refractivity (Wildman–Crippen MR) is 117 cm³/mol. The average Bonchev–Trinajstić information content (AvgIpc) is 2.66. The highest BCUT2D eigenvalue weighted by molar-refractivity contribution is 9.10. The van der Waals surface area contributed by atoms with Crippen molar-refractivity contribution in [3.63, 3.8) is 0 Å². The van der Waals surface area contributed by atoms with Crippen LogP contribution in [0.1, 0.15) is 29.8 Å². The standard InChI is InChI=1S/C21H25BrN2O4S/c1-14-11-18(22)7-10-20(14)23(4)21(25)17-5-8-19(9-6-17)29(26,27)24-12-15(2)28-16(3)13-24/h5-11,15-16H,12-13H2,1-4H3. The first-order valence-corrected chi connectivity index (χ1v) is 11.6. The van der Waals surface area contributed by atoms with Gasteiger partial charge in [0.05, 0.1) is 17.1 Å². The summed E-state index contributed by atoms with van der Waals surface area (Å²) in [7, 11) is -1.92. The van der Waals surface area contributed by atoms with E-state index in [1.807, 2.05) is 39.0 Å². The van der Waals surface area contributed by atoms with Gasteiger partial charge in [0.25, 0.3) is 5.91 Å². The first-order valence-electron chi connectivity index (χ1n) is 9.39. The Morgan fingerprint density at radius 2 is 1.69 bits per heavy atom. The van der Waals surface area contributed by atoms with Gasteiger partial charge in [-0.1, -0.05) is 15.9 Å². The van der Waals surface area contributed by atoms with Crippen LogP contribution in [0.4, 0.5) is 5.69 Å². The first kappa shape index (κ1) is 22.0. The molecular weight excluding hydrogens is 456 g/mol. The number of amides is 1. The number of ether oxygens (including phenoxy) is 1. The quantitative estimate of drug-likeness (QED) is 0.666. The molecule has 29 heavy (non-hydrogen) atoms. The molecule has 0 bridgehead atoms. The number of sulfonamides is 1. The Morgan fingerprint density at radius 3 is 2.24 bits per heavy atom. The SMILES string of the molecule is Cc1cc(Br)ccc1N(C)C(=O)c1ccc(S(=O)(=O)N2CC(C)OC(C)C2)cc1. The molecular formula is C21H25BrN2O4S. The van der Waals surface area contributed by atoms with Crippen LogP contribution in [0.25, 0.3) is 0 Å². The Balaban J connectivity index is 1.81. The van der Waals surface area contributed by atoms with Crippen molar-refractivity contribution in [1.29, 1.82) is 0 Å². The van der Waals surface area contributed by atoms with Gasteiger partial charge in [0, 0.05) is 35.9 Å². The topological polar surface area (TPSA) is 66.9 Å². The summed E-state index contributed by atoms with van der Waals surface area (Å²) in [6.45, 7) is 6.29. The number of anilines is 1. The second-order valence-electron chi connectivity index (χ2n) is 7.40. The molecule has 0 radical (unpaired) electrons. The van der Waals surface area contributed by atoms with Crippen molar-refractivity contribution in [2.45, 2.75) is 37.9 Å². The first-order chi connectivity index (χ1) is 13.6. The van der Waals surface area contributed by atoms with E-state index in [0.29, 0.717) is 18.7 Å². The van der Waals surface area contributed by atoms with Crippen molar-refractivity contribution in [3.05, 3.63) is 58.1 Å². The molecule has 1 amide bonds. The molecule has 0 saturated carbocycles. The molecule has 1 heterocycles. The van der Waals surface area contributed by atoms with E-state index in [4.69, 9.17) is 4.74 Å². The third-order valence-electron chi connectivity index (χ3n) is 4.95.